The summed E-state index contributed by atoms with van der Waals surface area (Å²) in [7, 11) is 0. The highest BCUT2D eigenvalue weighted by Gasteiger charge is 2.29. The predicted molar refractivity (Wildman–Crippen MR) is 83.2 cm³/mol. The van der Waals surface area contributed by atoms with Gasteiger partial charge in [-0.3, -0.25) is 25.0 Å². The third-order valence-corrected chi connectivity index (χ3v) is 3.36. The van der Waals surface area contributed by atoms with Gasteiger partial charge in [-0.15, -0.1) is 0 Å². The first-order valence-corrected chi connectivity index (χ1v) is 6.51. The van der Waals surface area contributed by atoms with Crippen LogP contribution in [0.2, 0.25) is 0 Å². The molecule has 2 rings (SSSR count). The fourth-order valence-corrected chi connectivity index (χ4v) is 2.51. The molecule has 0 saturated carbocycles. The standard InChI is InChI=1S/C15H12N2O6/c1-8(18)14(9(2)19)15-11-6-4-3-5-10(11)12(16(20)21)7-13(15)17(22)23/h3-7,18H,1-2H3/b14-8+. The molecule has 8 heteroatoms. The first kappa shape index (κ1) is 16.1. The van der Waals surface area contributed by atoms with Gasteiger partial charge in [0, 0.05) is 5.39 Å². The molecular weight excluding hydrogens is 304 g/mol. The normalized spacial score (nSPS) is 11.9. The smallest absolute Gasteiger partial charge is 0.284 e. The summed E-state index contributed by atoms with van der Waals surface area (Å²) in [6.07, 6.45) is 0. The molecule has 0 aliphatic heterocycles. The third-order valence-electron chi connectivity index (χ3n) is 3.36. The number of nitro benzene ring substituents is 2. The zero-order valence-corrected chi connectivity index (χ0v) is 12.3. The summed E-state index contributed by atoms with van der Waals surface area (Å²) in [4.78, 5) is 32.9. The van der Waals surface area contributed by atoms with E-state index in [1.54, 1.807) is 12.1 Å². The van der Waals surface area contributed by atoms with Crippen LogP contribution < -0.4 is 0 Å². The van der Waals surface area contributed by atoms with Crippen molar-refractivity contribution in [2.75, 3.05) is 0 Å². The molecule has 0 atom stereocenters. The molecule has 0 unspecified atom stereocenters. The molecule has 0 radical (unpaired) electrons. The van der Waals surface area contributed by atoms with E-state index in [0.29, 0.717) is 0 Å². The Hall–Kier alpha value is -3.29. The number of allylic oxidation sites excluding steroid dienone is 2. The Labute approximate surface area is 130 Å². The SMILES string of the molecule is CC(=O)/C(=C(/C)O)c1c([N+](=O)[O-])cc([N+](=O)[O-])c2ccccc12. The fraction of sp³-hybridized carbons (Fsp3) is 0.133. The van der Waals surface area contributed by atoms with E-state index in [0.717, 1.165) is 13.0 Å². The minimum Gasteiger partial charge on any atom is -0.512 e. The van der Waals surface area contributed by atoms with Crippen LogP contribution in [-0.2, 0) is 4.79 Å². The van der Waals surface area contributed by atoms with Crippen LogP contribution >= 0.6 is 0 Å². The van der Waals surface area contributed by atoms with Gasteiger partial charge in [-0.05, 0) is 19.9 Å². The molecule has 0 bridgehead atoms. The number of ketones is 1. The monoisotopic (exact) mass is 316 g/mol. The van der Waals surface area contributed by atoms with E-state index < -0.39 is 27.0 Å². The average Bonchev–Trinajstić information content (AvgIpc) is 2.45. The van der Waals surface area contributed by atoms with Crippen molar-refractivity contribution in [1.29, 1.82) is 0 Å². The molecule has 0 amide bonds. The Kier molecular flexibility index (Phi) is 4.08. The lowest BCUT2D eigenvalue weighted by atomic mass is 9.92. The first-order chi connectivity index (χ1) is 10.8. The van der Waals surface area contributed by atoms with Gasteiger partial charge < -0.3 is 5.11 Å². The lowest BCUT2D eigenvalue weighted by Crippen LogP contribution is -2.05. The number of rotatable bonds is 4. The zero-order valence-electron chi connectivity index (χ0n) is 12.3. The van der Waals surface area contributed by atoms with Crippen LogP contribution in [0.3, 0.4) is 0 Å². The van der Waals surface area contributed by atoms with E-state index in [4.69, 9.17) is 0 Å². The number of nitrogens with zero attached hydrogens (tertiary/aromatic N) is 2. The number of fused-ring (bicyclic) bond motifs is 1. The van der Waals surface area contributed by atoms with Crippen LogP contribution in [0.4, 0.5) is 11.4 Å². The topological polar surface area (TPSA) is 124 Å². The summed E-state index contributed by atoms with van der Waals surface area (Å²) in [6, 6.07) is 6.78. The van der Waals surface area contributed by atoms with Crippen molar-refractivity contribution in [1.82, 2.24) is 0 Å². The number of Topliss-reactive ketones (excluding diaryl/α,β-unsaturated/α-hetero) is 1. The second kappa shape index (κ2) is 5.84. The van der Waals surface area contributed by atoms with Crippen molar-refractivity contribution < 1.29 is 19.7 Å². The van der Waals surface area contributed by atoms with Gasteiger partial charge in [0.1, 0.15) is 5.76 Å². The number of nitro groups is 2. The highest BCUT2D eigenvalue weighted by Crippen LogP contribution is 2.40. The number of aliphatic hydroxyl groups is 1. The van der Waals surface area contributed by atoms with E-state index in [1.807, 2.05) is 0 Å². The van der Waals surface area contributed by atoms with Gasteiger partial charge in [-0.2, -0.15) is 0 Å². The highest BCUT2D eigenvalue weighted by atomic mass is 16.6. The quantitative estimate of drug-likeness (QED) is 0.398. The maximum atomic E-state index is 11.8. The van der Waals surface area contributed by atoms with Crippen LogP contribution in [0.25, 0.3) is 16.3 Å². The van der Waals surface area contributed by atoms with Crippen molar-refractivity contribution in [3.63, 3.8) is 0 Å². The molecule has 118 valence electrons. The van der Waals surface area contributed by atoms with Crippen LogP contribution in [0.15, 0.2) is 36.1 Å². The molecule has 0 saturated heterocycles. The molecule has 0 aliphatic carbocycles. The Morgan fingerprint density at radius 1 is 1.00 bits per heavy atom. The molecule has 8 nitrogen and oxygen atoms in total. The Morgan fingerprint density at radius 2 is 1.52 bits per heavy atom. The number of hydrogen-bond acceptors (Lipinski definition) is 6. The van der Waals surface area contributed by atoms with E-state index in [2.05, 4.69) is 0 Å². The predicted octanol–water partition coefficient (Wildman–Crippen LogP) is 3.53. The van der Waals surface area contributed by atoms with Gasteiger partial charge in [0.05, 0.1) is 32.4 Å². The van der Waals surface area contributed by atoms with Gasteiger partial charge in [-0.25, -0.2) is 0 Å². The number of benzene rings is 2. The molecule has 1 N–H and O–H groups in total. The maximum Gasteiger partial charge on any atom is 0.284 e. The van der Waals surface area contributed by atoms with Crippen LogP contribution in [-0.4, -0.2) is 20.7 Å². The van der Waals surface area contributed by atoms with Gasteiger partial charge in [0.15, 0.2) is 5.78 Å². The van der Waals surface area contributed by atoms with Gasteiger partial charge >= 0.3 is 0 Å². The molecule has 0 fully saturated rings. The number of hydrogen-bond donors (Lipinski definition) is 1. The van der Waals surface area contributed by atoms with E-state index >= 15 is 0 Å². The molecule has 0 aliphatic rings. The van der Waals surface area contributed by atoms with Gasteiger partial charge in [-0.1, -0.05) is 18.2 Å². The Balaban J connectivity index is 3.10. The number of non-ortho nitro benzene ring substituents is 1. The molecule has 0 aromatic heterocycles. The minimum atomic E-state index is -0.805. The number of aliphatic hydroxyl groups excluding tert-OH is 1. The van der Waals surface area contributed by atoms with Crippen molar-refractivity contribution in [3.8, 4) is 0 Å². The van der Waals surface area contributed by atoms with Gasteiger partial charge in [0.25, 0.3) is 11.4 Å². The molecule has 0 heterocycles. The number of carbonyl (C=O) groups is 1. The zero-order chi connectivity index (χ0) is 17.3. The molecule has 0 spiro atoms. The maximum absolute atomic E-state index is 11.8. The van der Waals surface area contributed by atoms with Crippen LogP contribution in [0.1, 0.15) is 19.4 Å². The Bertz CT molecular complexity index is 881. The summed E-state index contributed by atoms with van der Waals surface area (Å²) in [6.45, 7) is 2.39. The van der Waals surface area contributed by atoms with E-state index in [1.165, 1.54) is 19.1 Å². The summed E-state index contributed by atoms with van der Waals surface area (Å²) < 4.78 is 0. The van der Waals surface area contributed by atoms with Crippen molar-refractivity contribution in [2.45, 2.75) is 13.8 Å². The summed E-state index contributed by atoms with van der Waals surface area (Å²) in [5.41, 5.74) is -1.39. The Morgan fingerprint density at radius 3 is 1.96 bits per heavy atom. The summed E-state index contributed by atoms with van der Waals surface area (Å²) in [5.74, 6) is -0.966. The molecular formula is C15H12N2O6. The van der Waals surface area contributed by atoms with E-state index in [-0.39, 0.29) is 27.7 Å². The van der Waals surface area contributed by atoms with Gasteiger partial charge in [0.2, 0.25) is 0 Å². The first-order valence-electron chi connectivity index (χ1n) is 6.51. The molecule has 2 aromatic rings. The van der Waals surface area contributed by atoms with Crippen LogP contribution in [0, 0.1) is 20.2 Å². The summed E-state index contributed by atoms with van der Waals surface area (Å²) >= 11 is 0. The summed E-state index contributed by atoms with van der Waals surface area (Å²) in [5, 5.41) is 32.6. The van der Waals surface area contributed by atoms with Crippen LogP contribution in [0.5, 0.6) is 0 Å². The minimum absolute atomic E-state index is 0.122. The average molecular weight is 316 g/mol. The van der Waals surface area contributed by atoms with E-state index in [9.17, 15) is 30.1 Å². The molecule has 23 heavy (non-hydrogen) atoms. The fourth-order valence-electron chi connectivity index (χ4n) is 2.51. The van der Waals surface area contributed by atoms with Crippen molar-refractivity contribution in [3.05, 3.63) is 61.9 Å². The van der Waals surface area contributed by atoms with Crippen molar-refractivity contribution >= 4 is 33.5 Å². The number of carbonyl (C=O) groups excluding carboxylic acids is 1. The second-order valence-corrected chi connectivity index (χ2v) is 4.87. The largest absolute Gasteiger partial charge is 0.512 e. The third kappa shape index (κ3) is 2.73. The second-order valence-electron chi connectivity index (χ2n) is 4.87. The lowest BCUT2D eigenvalue weighted by Gasteiger charge is -2.11. The lowest BCUT2D eigenvalue weighted by molar-refractivity contribution is -0.393. The molecule has 2 aromatic carbocycles. The van der Waals surface area contributed by atoms with Crippen molar-refractivity contribution in [2.24, 2.45) is 0 Å². The highest BCUT2D eigenvalue weighted by molar-refractivity contribution is 6.25.